The van der Waals surface area contributed by atoms with E-state index in [2.05, 4.69) is 19.2 Å². The monoisotopic (exact) mass is 333 g/mol. The van der Waals surface area contributed by atoms with Gasteiger partial charge in [-0.1, -0.05) is 13.3 Å². The Labute approximate surface area is 144 Å². The molecule has 1 amide bonds. The number of carbonyl (C=O) groups is 2. The molecule has 2 bridgehead atoms. The fourth-order valence-corrected chi connectivity index (χ4v) is 7.80. The topological polar surface area (TPSA) is 66.4 Å². The highest BCUT2D eigenvalue weighted by Crippen LogP contribution is 2.69. The fourth-order valence-electron chi connectivity index (χ4n) is 7.80. The van der Waals surface area contributed by atoms with Gasteiger partial charge in [0.25, 0.3) is 0 Å². The molecule has 24 heavy (non-hydrogen) atoms. The van der Waals surface area contributed by atoms with Gasteiger partial charge in [-0.25, -0.2) is 0 Å². The molecule has 4 nitrogen and oxygen atoms in total. The third-order valence-electron chi connectivity index (χ3n) is 8.61. The van der Waals surface area contributed by atoms with Gasteiger partial charge in [0, 0.05) is 12.0 Å². The predicted molar refractivity (Wildman–Crippen MR) is 91.4 cm³/mol. The molecule has 134 valence electrons. The van der Waals surface area contributed by atoms with Crippen molar-refractivity contribution >= 4 is 11.9 Å². The maximum Gasteiger partial charge on any atom is 0.309 e. The minimum absolute atomic E-state index is 0.0419. The molecule has 1 heterocycles. The Kier molecular flexibility index (Phi) is 3.26. The second-order valence-electron chi connectivity index (χ2n) is 10.1. The molecular formula is C20H31NO3. The smallest absolute Gasteiger partial charge is 0.309 e. The number of carboxylic acid groups (broad SMARTS) is 1. The van der Waals surface area contributed by atoms with Crippen LogP contribution >= 0.6 is 0 Å². The molecule has 0 radical (unpaired) electrons. The van der Waals surface area contributed by atoms with E-state index in [-0.39, 0.29) is 28.2 Å². The summed E-state index contributed by atoms with van der Waals surface area (Å²) >= 11 is 0. The molecule has 4 heteroatoms. The van der Waals surface area contributed by atoms with Gasteiger partial charge < -0.3 is 10.4 Å². The van der Waals surface area contributed by atoms with Gasteiger partial charge >= 0.3 is 5.97 Å². The molecule has 0 aromatic heterocycles. The summed E-state index contributed by atoms with van der Waals surface area (Å²) in [7, 11) is 0. The molecule has 1 aliphatic heterocycles. The van der Waals surface area contributed by atoms with Gasteiger partial charge in [-0.2, -0.15) is 0 Å². The average Bonchev–Trinajstić information content (AvgIpc) is 2.44. The van der Waals surface area contributed by atoms with Crippen LogP contribution in [0.4, 0.5) is 0 Å². The third kappa shape index (κ3) is 1.97. The fraction of sp³-hybridized carbons (Fsp3) is 0.900. The van der Waals surface area contributed by atoms with Crippen LogP contribution in [0.15, 0.2) is 0 Å². The lowest BCUT2D eigenvalue weighted by molar-refractivity contribution is -0.195. The molecule has 3 saturated carbocycles. The number of nitrogens with one attached hydrogen (secondary N) is 1. The summed E-state index contributed by atoms with van der Waals surface area (Å²) in [6, 6.07) is 0. The van der Waals surface area contributed by atoms with Crippen LogP contribution in [0.3, 0.4) is 0 Å². The number of aliphatic carboxylic acids is 1. The Morgan fingerprint density at radius 3 is 2.50 bits per heavy atom. The molecule has 3 aliphatic carbocycles. The van der Waals surface area contributed by atoms with Crippen LogP contribution in [0.5, 0.6) is 0 Å². The Balaban J connectivity index is 1.75. The molecule has 4 fully saturated rings. The van der Waals surface area contributed by atoms with Crippen LogP contribution in [0.1, 0.15) is 78.6 Å². The highest BCUT2D eigenvalue weighted by atomic mass is 16.4. The lowest BCUT2D eigenvalue weighted by Gasteiger charge is -2.67. The van der Waals surface area contributed by atoms with Crippen LogP contribution < -0.4 is 5.32 Å². The van der Waals surface area contributed by atoms with E-state index in [4.69, 9.17) is 0 Å². The lowest BCUT2D eigenvalue weighted by atomic mass is 9.38. The number of fused-ring (bicyclic) bond motifs is 3. The summed E-state index contributed by atoms with van der Waals surface area (Å²) in [5.74, 6) is 0.354. The average molecular weight is 333 g/mol. The molecule has 4 aliphatic rings. The maximum absolute atomic E-state index is 12.4. The highest BCUT2D eigenvalue weighted by molar-refractivity contribution is 5.79. The van der Waals surface area contributed by atoms with Crippen molar-refractivity contribution in [3.8, 4) is 0 Å². The van der Waals surface area contributed by atoms with Crippen molar-refractivity contribution in [1.29, 1.82) is 0 Å². The summed E-state index contributed by atoms with van der Waals surface area (Å²) in [4.78, 5) is 24.5. The van der Waals surface area contributed by atoms with Crippen molar-refractivity contribution in [1.82, 2.24) is 5.32 Å². The first-order valence-corrected chi connectivity index (χ1v) is 9.68. The number of hydrogen-bond donors (Lipinski definition) is 2. The summed E-state index contributed by atoms with van der Waals surface area (Å²) in [6.07, 6.45) is 8.86. The molecular weight excluding hydrogens is 302 g/mol. The molecule has 4 rings (SSSR count). The SMILES string of the molecule is C[C@@]12CC[C@H]3[C@](CC[C@@H]4[C@@]3(C)CCC[C@@]4(C)C(=O)O)(CC(=O)N1)C2. The minimum Gasteiger partial charge on any atom is -0.481 e. The van der Waals surface area contributed by atoms with Crippen molar-refractivity contribution in [2.75, 3.05) is 0 Å². The summed E-state index contributed by atoms with van der Waals surface area (Å²) in [6.45, 7) is 6.55. The van der Waals surface area contributed by atoms with Gasteiger partial charge in [0.05, 0.1) is 5.41 Å². The van der Waals surface area contributed by atoms with Gasteiger partial charge in [0.15, 0.2) is 0 Å². The number of amides is 1. The van der Waals surface area contributed by atoms with Crippen molar-refractivity contribution in [2.24, 2.45) is 28.1 Å². The highest BCUT2D eigenvalue weighted by Gasteiger charge is 2.66. The maximum atomic E-state index is 12.4. The molecule has 0 aromatic rings. The second kappa shape index (κ2) is 4.76. The number of rotatable bonds is 1. The first-order chi connectivity index (χ1) is 11.1. The molecule has 1 saturated heterocycles. The number of hydrogen-bond acceptors (Lipinski definition) is 2. The van der Waals surface area contributed by atoms with E-state index in [1.807, 2.05) is 6.92 Å². The van der Waals surface area contributed by atoms with Crippen LogP contribution in [-0.4, -0.2) is 22.5 Å². The van der Waals surface area contributed by atoms with Crippen LogP contribution in [-0.2, 0) is 9.59 Å². The molecule has 2 N–H and O–H groups in total. The Bertz CT molecular complexity index is 604. The van der Waals surface area contributed by atoms with E-state index in [0.717, 1.165) is 51.4 Å². The van der Waals surface area contributed by atoms with E-state index in [9.17, 15) is 14.7 Å². The number of carboxylic acids is 1. The van der Waals surface area contributed by atoms with Crippen LogP contribution in [0.2, 0.25) is 0 Å². The zero-order valence-electron chi connectivity index (χ0n) is 15.3. The standard InChI is InChI=1S/C20H31NO3/c1-17-9-5-14-18(2)7-4-8-19(3,16(23)24)13(18)6-10-20(14,12-17)11-15(22)21-17/h13-14H,4-12H2,1-3H3,(H,21,22)(H,23,24)/t13-,14-,17+,18-,19-,20-/m1/s1. The molecule has 0 unspecified atom stereocenters. The lowest BCUT2D eigenvalue weighted by Crippen LogP contribution is -2.67. The predicted octanol–water partition coefficient (Wildman–Crippen LogP) is 3.74. The van der Waals surface area contributed by atoms with E-state index in [1.165, 1.54) is 0 Å². The van der Waals surface area contributed by atoms with E-state index >= 15 is 0 Å². The third-order valence-corrected chi connectivity index (χ3v) is 8.61. The summed E-state index contributed by atoms with van der Waals surface area (Å²) in [5.41, 5.74) is -0.452. The van der Waals surface area contributed by atoms with Gasteiger partial charge in [0.1, 0.15) is 0 Å². The Morgan fingerprint density at radius 2 is 1.79 bits per heavy atom. The Morgan fingerprint density at radius 1 is 1.08 bits per heavy atom. The first-order valence-electron chi connectivity index (χ1n) is 9.68. The number of carbonyl (C=O) groups excluding carboxylic acids is 1. The van der Waals surface area contributed by atoms with E-state index in [1.54, 1.807) is 0 Å². The van der Waals surface area contributed by atoms with Gasteiger partial charge in [-0.05, 0) is 81.5 Å². The zero-order chi connectivity index (χ0) is 17.4. The Hall–Kier alpha value is -1.06. The summed E-state index contributed by atoms with van der Waals surface area (Å²) in [5, 5.41) is 13.2. The van der Waals surface area contributed by atoms with Crippen molar-refractivity contribution in [3.05, 3.63) is 0 Å². The second-order valence-corrected chi connectivity index (χ2v) is 10.1. The molecule has 6 atom stereocenters. The largest absolute Gasteiger partial charge is 0.481 e. The van der Waals surface area contributed by atoms with Crippen LogP contribution in [0.25, 0.3) is 0 Å². The van der Waals surface area contributed by atoms with Crippen molar-refractivity contribution in [2.45, 2.75) is 84.1 Å². The van der Waals surface area contributed by atoms with Gasteiger partial charge in [-0.3, -0.25) is 9.59 Å². The summed E-state index contributed by atoms with van der Waals surface area (Å²) < 4.78 is 0. The van der Waals surface area contributed by atoms with Gasteiger partial charge in [-0.15, -0.1) is 0 Å². The van der Waals surface area contributed by atoms with E-state index < -0.39 is 11.4 Å². The van der Waals surface area contributed by atoms with Crippen molar-refractivity contribution in [3.63, 3.8) is 0 Å². The molecule has 1 spiro atoms. The van der Waals surface area contributed by atoms with Crippen LogP contribution in [0, 0.1) is 28.1 Å². The zero-order valence-corrected chi connectivity index (χ0v) is 15.3. The minimum atomic E-state index is -0.614. The van der Waals surface area contributed by atoms with Crippen molar-refractivity contribution < 1.29 is 14.7 Å². The number of piperidine rings is 1. The quantitative estimate of drug-likeness (QED) is 0.768. The first kappa shape index (κ1) is 16.4. The normalized spacial score (nSPS) is 53.5. The van der Waals surface area contributed by atoms with Gasteiger partial charge in [0.2, 0.25) is 5.91 Å². The molecule has 0 aromatic carbocycles. The van der Waals surface area contributed by atoms with E-state index in [0.29, 0.717) is 12.3 Å².